The van der Waals surface area contributed by atoms with Crippen LogP contribution in [-0.2, 0) is 9.47 Å². The van der Waals surface area contributed by atoms with E-state index in [1.807, 2.05) is 0 Å². The maximum Gasteiger partial charge on any atom is 0.172 e. The standard InChI is InChI=1S/C29H48O2/c1-20(2)7-6-8-21(3)24-11-12-25-23-10-9-22-19-29(30-17-18-31-29)16-15-27(22,4)26(23)13-14-28(24,25)5/h9,20-21,23-26H,6-8,10-19H2,1-5H3/t21?,23?,24?,25?,26-,27?,28?/m0/s1. The third kappa shape index (κ3) is 3.67. The average molecular weight is 429 g/mol. The smallest absolute Gasteiger partial charge is 0.172 e. The molecule has 2 nitrogen and oxygen atoms in total. The molecule has 0 radical (unpaired) electrons. The number of hydrogen-bond acceptors (Lipinski definition) is 2. The van der Waals surface area contributed by atoms with Gasteiger partial charge in [0, 0.05) is 12.8 Å². The highest BCUT2D eigenvalue weighted by molar-refractivity contribution is 5.26. The fourth-order valence-electron chi connectivity index (χ4n) is 9.37. The van der Waals surface area contributed by atoms with Crippen molar-refractivity contribution in [2.24, 2.45) is 46.3 Å². The zero-order valence-corrected chi connectivity index (χ0v) is 21.1. The van der Waals surface area contributed by atoms with E-state index in [1.54, 1.807) is 5.57 Å². The molecule has 0 bridgehead atoms. The second-order valence-corrected chi connectivity index (χ2v) is 13.1. The first kappa shape index (κ1) is 22.5. The fourth-order valence-corrected chi connectivity index (χ4v) is 9.37. The number of hydrogen-bond donors (Lipinski definition) is 0. The van der Waals surface area contributed by atoms with Gasteiger partial charge >= 0.3 is 0 Å². The van der Waals surface area contributed by atoms with Gasteiger partial charge in [-0.05, 0) is 84.9 Å². The zero-order chi connectivity index (χ0) is 21.9. The molecular weight excluding hydrogens is 380 g/mol. The molecule has 6 unspecified atom stereocenters. The molecule has 5 aliphatic rings. The molecule has 5 rings (SSSR count). The molecule has 0 aromatic carbocycles. The summed E-state index contributed by atoms with van der Waals surface area (Å²) in [4.78, 5) is 0. The van der Waals surface area contributed by atoms with Crippen molar-refractivity contribution in [3.8, 4) is 0 Å². The third-order valence-corrected chi connectivity index (χ3v) is 11.1. The van der Waals surface area contributed by atoms with Crippen LogP contribution in [0.1, 0.15) is 105 Å². The van der Waals surface area contributed by atoms with Crippen LogP contribution in [0.2, 0.25) is 0 Å². The van der Waals surface area contributed by atoms with Crippen molar-refractivity contribution in [1.82, 2.24) is 0 Å². The first-order valence-electron chi connectivity index (χ1n) is 13.7. The fraction of sp³-hybridized carbons (Fsp3) is 0.931. The second kappa shape index (κ2) is 8.15. The highest BCUT2D eigenvalue weighted by Crippen LogP contribution is 2.68. The van der Waals surface area contributed by atoms with Gasteiger partial charge in [-0.15, -0.1) is 0 Å². The number of allylic oxidation sites excluding steroid dienone is 1. The molecule has 4 fully saturated rings. The van der Waals surface area contributed by atoms with Gasteiger partial charge < -0.3 is 9.47 Å². The Labute approximate surface area is 191 Å². The van der Waals surface area contributed by atoms with Gasteiger partial charge in [0.2, 0.25) is 0 Å². The summed E-state index contributed by atoms with van der Waals surface area (Å²) >= 11 is 0. The summed E-state index contributed by atoms with van der Waals surface area (Å²) in [6.07, 6.45) is 17.6. The lowest BCUT2D eigenvalue weighted by atomic mass is 9.46. The van der Waals surface area contributed by atoms with Crippen LogP contribution in [0.5, 0.6) is 0 Å². The van der Waals surface area contributed by atoms with E-state index < -0.39 is 0 Å². The predicted octanol–water partition coefficient (Wildman–Crippen LogP) is 7.77. The molecule has 1 spiro atoms. The Morgan fingerprint density at radius 2 is 1.71 bits per heavy atom. The van der Waals surface area contributed by atoms with Gasteiger partial charge in [0.05, 0.1) is 13.2 Å². The SMILES string of the molecule is CC(C)CCCC(C)C1CCC2C3CC=C4CC5(CCC4(C)[C@H]3CCC12C)OCCO5. The Morgan fingerprint density at radius 1 is 0.935 bits per heavy atom. The highest BCUT2D eigenvalue weighted by atomic mass is 16.7. The summed E-state index contributed by atoms with van der Waals surface area (Å²) < 4.78 is 12.2. The molecule has 1 saturated heterocycles. The van der Waals surface area contributed by atoms with Crippen LogP contribution in [0.15, 0.2) is 11.6 Å². The van der Waals surface area contributed by atoms with Gasteiger partial charge in [0.1, 0.15) is 0 Å². The zero-order valence-electron chi connectivity index (χ0n) is 21.1. The van der Waals surface area contributed by atoms with E-state index in [0.717, 1.165) is 61.6 Å². The van der Waals surface area contributed by atoms with Crippen molar-refractivity contribution in [2.75, 3.05) is 13.2 Å². The third-order valence-electron chi connectivity index (χ3n) is 11.1. The summed E-state index contributed by atoms with van der Waals surface area (Å²) in [5.41, 5.74) is 2.67. The second-order valence-electron chi connectivity index (χ2n) is 13.1. The van der Waals surface area contributed by atoms with Crippen molar-refractivity contribution in [2.45, 2.75) is 111 Å². The summed E-state index contributed by atoms with van der Waals surface area (Å²) in [5, 5.41) is 0. The molecule has 0 aromatic heterocycles. The molecule has 176 valence electrons. The topological polar surface area (TPSA) is 18.5 Å². The number of rotatable bonds is 5. The molecule has 0 amide bonds. The quantitative estimate of drug-likeness (QED) is 0.416. The molecule has 2 heteroatoms. The lowest BCUT2D eigenvalue weighted by molar-refractivity contribution is -0.185. The molecule has 1 aliphatic heterocycles. The van der Waals surface area contributed by atoms with Gasteiger partial charge in [-0.3, -0.25) is 0 Å². The largest absolute Gasteiger partial charge is 0.347 e. The van der Waals surface area contributed by atoms with Crippen molar-refractivity contribution in [3.05, 3.63) is 11.6 Å². The summed E-state index contributed by atoms with van der Waals surface area (Å²) in [6.45, 7) is 14.2. The number of ether oxygens (including phenoxy) is 2. The van der Waals surface area contributed by atoms with E-state index in [-0.39, 0.29) is 5.79 Å². The van der Waals surface area contributed by atoms with E-state index in [4.69, 9.17) is 9.47 Å². The van der Waals surface area contributed by atoms with E-state index in [9.17, 15) is 0 Å². The van der Waals surface area contributed by atoms with Gasteiger partial charge in [-0.25, -0.2) is 0 Å². The van der Waals surface area contributed by atoms with Gasteiger partial charge in [-0.1, -0.05) is 65.5 Å². The van der Waals surface area contributed by atoms with E-state index in [0.29, 0.717) is 10.8 Å². The van der Waals surface area contributed by atoms with Gasteiger partial charge in [0.15, 0.2) is 5.79 Å². The van der Waals surface area contributed by atoms with Crippen molar-refractivity contribution in [1.29, 1.82) is 0 Å². The van der Waals surface area contributed by atoms with E-state index in [2.05, 4.69) is 40.7 Å². The minimum Gasteiger partial charge on any atom is -0.347 e. The highest BCUT2D eigenvalue weighted by Gasteiger charge is 2.60. The minimum atomic E-state index is -0.273. The molecular formula is C29H48O2. The Hall–Kier alpha value is -0.340. The number of fused-ring (bicyclic) bond motifs is 5. The Bertz CT molecular complexity index is 689. The monoisotopic (exact) mass is 428 g/mol. The summed E-state index contributed by atoms with van der Waals surface area (Å²) in [6, 6.07) is 0. The van der Waals surface area contributed by atoms with Crippen LogP contribution in [0.25, 0.3) is 0 Å². The van der Waals surface area contributed by atoms with Crippen molar-refractivity contribution in [3.63, 3.8) is 0 Å². The lowest BCUT2D eigenvalue weighted by Gasteiger charge is -2.59. The van der Waals surface area contributed by atoms with Crippen LogP contribution in [0.3, 0.4) is 0 Å². The Kier molecular flexibility index (Phi) is 5.91. The molecule has 0 aromatic rings. The Balaban J connectivity index is 1.31. The normalized spacial score (nSPS) is 44.6. The van der Waals surface area contributed by atoms with E-state index in [1.165, 1.54) is 57.8 Å². The van der Waals surface area contributed by atoms with Crippen LogP contribution >= 0.6 is 0 Å². The van der Waals surface area contributed by atoms with Gasteiger partial charge in [0.25, 0.3) is 0 Å². The van der Waals surface area contributed by atoms with Crippen LogP contribution in [0.4, 0.5) is 0 Å². The molecule has 31 heavy (non-hydrogen) atoms. The van der Waals surface area contributed by atoms with Crippen LogP contribution < -0.4 is 0 Å². The molecule has 0 N–H and O–H groups in total. The molecule has 1 heterocycles. The summed E-state index contributed by atoms with van der Waals surface area (Å²) in [5.74, 6) is 5.20. The minimum absolute atomic E-state index is 0.273. The first-order chi connectivity index (χ1) is 14.8. The molecule has 3 saturated carbocycles. The maximum atomic E-state index is 6.12. The van der Waals surface area contributed by atoms with Crippen LogP contribution in [-0.4, -0.2) is 19.0 Å². The first-order valence-corrected chi connectivity index (χ1v) is 13.7. The maximum absolute atomic E-state index is 6.12. The average Bonchev–Trinajstić information content (AvgIpc) is 3.32. The summed E-state index contributed by atoms with van der Waals surface area (Å²) in [7, 11) is 0. The predicted molar refractivity (Wildman–Crippen MR) is 128 cm³/mol. The van der Waals surface area contributed by atoms with E-state index >= 15 is 0 Å². The van der Waals surface area contributed by atoms with Crippen molar-refractivity contribution < 1.29 is 9.47 Å². The lowest BCUT2D eigenvalue weighted by Crippen LogP contribution is -2.52. The van der Waals surface area contributed by atoms with Crippen LogP contribution in [0, 0.1) is 46.3 Å². The van der Waals surface area contributed by atoms with Crippen molar-refractivity contribution >= 4 is 0 Å². The Morgan fingerprint density at radius 3 is 2.45 bits per heavy atom. The van der Waals surface area contributed by atoms with Gasteiger partial charge in [-0.2, -0.15) is 0 Å². The molecule has 7 atom stereocenters. The molecule has 4 aliphatic carbocycles.